The molecule has 0 aromatic carbocycles. The van der Waals surface area contributed by atoms with Gasteiger partial charge in [-0.2, -0.15) is 0 Å². The molecule has 0 bridgehead atoms. The summed E-state index contributed by atoms with van der Waals surface area (Å²) in [5.74, 6) is -1.75. The summed E-state index contributed by atoms with van der Waals surface area (Å²) in [5.41, 5.74) is -1.97. The van der Waals surface area contributed by atoms with Gasteiger partial charge >= 0.3 is 11.9 Å². The van der Waals surface area contributed by atoms with Gasteiger partial charge in [-0.1, -0.05) is 26.7 Å². The van der Waals surface area contributed by atoms with E-state index in [1.165, 1.54) is 0 Å². The van der Waals surface area contributed by atoms with Gasteiger partial charge in [0, 0.05) is 0 Å². The lowest BCUT2D eigenvalue weighted by Gasteiger charge is -2.37. The monoisotopic (exact) mass is 270 g/mol. The first kappa shape index (κ1) is 16.0. The number of hydrogen-bond donors (Lipinski definition) is 2. The van der Waals surface area contributed by atoms with Crippen LogP contribution in [0.25, 0.3) is 0 Å². The molecular formula is C15H26O4. The van der Waals surface area contributed by atoms with Crippen LogP contribution in [-0.2, 0) is 9.59 Å². The predicted molar refractivity (Wildman–Crippen MR) is 73.0 cm³/mol. The maximum absolute atomic E-state index is 11.7. The molecular weight excluding hydrogens is 244 g/mol. The Bertz CT molecular complexity index is 374. The van der Waals surface area contributed by atoms with Gasteiger partial charge in [-0.05, 0) is 44.9 Å². The molecule has 1 saturated carbocycles. The molecule has 1 aliphatic rings. The number of rotatable bonds is 2. The molecule has 110 valence electrons. The Balaban J connectivity index is 3.15. The second-order valence-electron chi connectivity index (χ2n) is 7.46. The van der Waals surface area contributed by atoms with Crippen molar-refractivity contribution in [3.8, 4) is 0 Å². The highest BCUT2D eigenvalue weighted by Gasteiger charge is 2.47. The third-order valence-electron chi connectivity index (χ3n) is 4.51. The van der Waals surface area contributed by atoms with E-state index in [2.05, 4.69) is 13.8 Å². The van der Waals surface area contributed by atoms with E-state index in [1.54, 1.807) is 13.8 Å². The van der Waals surface area contributed by atoms with Crippen LogP contribution in [0.1, 0.15) is 66.2 Å². The zero-order valence-electron chi connectivity index (χ0n) is 12.5. The van der Waals surface area contributed by atoms with Crippen LogP contribution in [0.4, 0.5) is 0 Å². The van der Waals surface area contributed by atoms with Crippen LogP contribution in [0, 0.1) is 16.2 Å². The lowest BCUT2D eigenvalue weighted by Crippen LogP contribution is -2.40. The minimum Gasteiger partial charge on any atom is -0.481 e. The molecule has 4 nitrogen and oxygen atoms in total. The Morgan fingerprint density at radius 1 is 0.789 bits per heavy atom. The summed E-state index contributed by atoms with van der Waals surface area (Å²) in [4.78, 5) is 23.2. The smallest absolute Gasteiger partial charge is 0.309 e. The molecule has 0 aliphatic heterocycles. The molecule has 0 spiro atoms. The average Bonchev–Trinajstić information content (AvgIpc) is 2.26. The summed E-state index contributed by atoms with van der Waals surface area (Å²) < 4.78 is 0. The van der Waals surface area contributed by atoms with E-state index in [0.29, 0.717) is 12.8 Å². The highest BCUT2D eigenvalue weighted by atomic mass is 16.4. The van der Waals surface area contributed by atoms with Gasteiger partial charge < -0.3 is 10.2 Å². The summed E-state index contributed by atoms with van der Waals surface area (Å²) in [6.45, 7) is 7.55. The molecule has 0 aromatic heterocycles. The first-order chi connectivity index (χ1) is 8.51. The van der Waals surface area contributed by atoms with E-state index in [4.69, 9.17) is 0 Å². The Morgan fingerprint density at radius 2 is 1.26 bits per heavy atom. The van der Waals surface area contributed by atoms with Crippen LogP contribution in [0.15, 0.2) is 0 Å². The van der Waals surface area contributed by atoms with Crippen molar-refractivity contribution >= 4 is 11.9 Å². The van der Waals surface area contributed by atoms with E-state index < -0.39 is 22.8 Å². The van der Waals surface area contributed by atoms with Gasteiger partial charge in [0.15, 0.2) is 0 Å². The van der Waals surface area contributed by atoms with Gasteiger partial charge in [0.05, 0.1) is 10.8 Å². The highest BCUT2D eigenvalue weighted by molar-refractivity contribution is 5.78. The van der Waals surface area contributed by atoms with E-state index in [9.17, 15) is 19.8 Å². The van der Waals surface area contributed by atoms with Crippen molar-refractivity contribution in [2.45, 2.75) is 66.2 Å². The van der Waals surface area contributed by atoms with Gasteiger partial charge in [-0.15, -0.1) is 0 Å². The molecule has 4 heteroatoms. The quantitative estimate of drug-likeness (QED) is 0.804. The van der Waals surface area contributed by atoms with Crippen molar-refractivity contribution in [3.05, 3.63) is 0 Å². The zero-order chi connectivity index (χ0) is 14.9. The number of carboxylic acids is 2. The van der Waals surface area contributed by atoms with Gasteiger partial charge in [-0.3, -0.25) is 9.59 Å². The summed E-state index contributed by atoms with van der Waals surface area (Å²) in [6.07, 6.45) is 4.05. The molecule has 1 fully saturated rings. The van der Waals surface area contributed by atoms with Crippen LogP contribution in [0.3, 0.4) is 0 Å². The minimum atomic E-state index is -0.971. The van der Waals surface area contributed by atoms with Crippen LogP contribution in [-0.4, -0.2) is 22.2 Å². The Morgan fingerprint density at radius 3 is 1.74 bits per heavy atom. The molecule has 0 amide bonds. The average molecular weight is 270 g/mol. The molecule has 1 rings (SSSR count). The highest BCUT2D eigenvalue weighted by Crippen LogP contribution is 2.48. The fourth-order valence-corrected chi connectivity index (χ4v) is 3.61. The van der Waals surface area contributed by atoms with Crippen LogP contribution < -0.4 is 0 Å². The number of carboxylic acid groups (broad SMARTS) is 2. The Hall–Kier alpha value is -1.06. The van der Waals surface area contributed by atoms with E-state index in [1.807, 2.05) is 0 Å². The molecule has 0 saturated heterocycles. The van der Waals surface area contributed by atoms with Crippen molar-refractivity contribution in [1.29, 1.82) is 0 Å². The van der Waals surface area contributed by atoms with Crippen molar-refractivity contribution in [3.63, 3.8) is 0 Å². The predicted octanol–water partition coefficient (Wildman–Crippen LogP) is 3.55. The van der Waals surface area contributed by atoms with Gasteiger partial charge in [-0.25, -0.2) is 0 Å². The SMILES string of the molecule is CC1(C)CCCCC(C)(C(=O)O)CC(C)(C(=O)O)C1. The topological polar surface area (TPSA) is 74.6 Å². The summed E-state index contributed by atoms with van der Waals surface area (Å²) in [6, 6.07) is 0. The van der Waals surface area contributed by atoms with Gasteiger partial charge in [0.25, 0.3) is 0 Å². The molecule has 2 N–H and O–H groups in total. The molecule has 19 heavy (non-hydrogen) atoms. The number of carbonyl (C=O) groups is 2. The van der Waals surface area contributed by atoms with Crippen LogP contribution >= 0.6 is 0 Å². The van der Waals surface area contributed by atoms with E-state index >= 15 is 0 Å². The van der Waals surface area contributed by atoms with E-state index in [0.717, 1.165) is 19.3 Å². The summed E-state index contributed by atoms with van der Waals surface area (Å²) >= 11 is 0. The first-order valence-electron chi connectivity index (χ1n) is 6.98. The van der Waals surface area contributed by atoms with Crippen molar-refractivity contribution in [2.75, 3.05) is 0 Å². The van der Waals surface area contributed by atoms with Crippen LogP contribution in [0.5, 0.6) is 0 Å². The molecule has 2 atom stereocenters. The Labute approximate surface area is 115 Å². The Kier molecular flexibility index (Phi) is 4.33. The molecule has 1 aliphatic carbocycles. The minimum absolute atomic E-state index is 0.0586. The second kappa shape index (κ2) is 5.14. The molecule has 2 unspecified atom stereocenters. The van der Waals surface area contributed by atoms with Gasteiger partial charge in [0.2, 0.25) is 0 Å². The standard InChI is InChI=1S/C15H26O4/c1-13(2)7-5-6-8-14(3,11(16)17)10-15(4,9-13)12(18)19/h5-10H2,1-4H3,(H,16,17)(H,18,19). The maximum atomic E-state index is 11.7. The summed E-state index contributed by atoms with van der Waals surface area (Å²) in [7, 11) is 0. The third-order valence-corrected chi connectivity index (χ3v) is 4.51. The van der Waals surface area contributed by atoms with Crippen molar-refractivity contribution in [2.24, 2.45) is 16.2 Å². The second-order valence-corrected chi connectivity index (χ2v) is 7.46. The third kappa shape index (κ3) is 3.71. The van der Waals surface area contributed by atoms with Crippen molar-refractivity contribution in [1.82, 2.24) is 0 Å². The molecule has 0 heterocycles. The fraction of sp³-hybridized carbons (Fsp3) is 0.867. The first-order valence-corrected chi connectivity index (χ1v) is 6.98. The largest absolute Gasteiger partial charge is 0.481 e. The van der Waals surface area contributed by atoms with Crippen molar-refractivity contribution < 1.29 is 19.8 Å². The summed E-state index contributed by atoms with van der Waals surface area (Å²) in [5, 5.41) is 19.0. The maximum Gasteiger partial charge on any atom is 0.309 e. The van der Waals surface area contributed by atoms with Gasteiger partial charge in [0.1, 0.15) is 0 Å². The lowest BCUT2D eigenvalue weighted by molar-refractivity contribution is -0.158. The number of aliphatic carboxylic acids is 2. The van der Waals surface area contributed by atoms with E-state index in [-0.39, 0.29) is 11.8 Å². The zero-order valence-corrected chi connectivity index (χ0v) is 12.5. The lowest BCUT2D eigenvalue weighted by atomic mass is 9.65. The molecule has 0 aromatic rings. The van der Waals surface area contributed by atoms with Crippen LogP contribution in [0.2, 0.25) is 0 Å². The normalized spacial score (nSPS) is 35.8. The number of hydrogen-bond acceptors (Lipinski definition) is 2. The fourth-order valence-electron chi connectivity index (χ4n) is 3.61. The molecule has 0 radical (unpaired) electrons.